The fourth-order valence-corrected chi connectivity index (χ4v) is 3.02. The highest BCUT2D eigenvalue weighted by Crippen LogP contribution is 2.26. The molecule has 1 unspecified atom stereocenters. The summed E-state index contributed by atoms with van der Waals surface area (Å²) in [4.78, 5) is 0. The highest BCUT2D eigenvalue weighted by molar-refractivity contribution is 4.90. The van der Waals surface area contributed by atoms with E-state index in [1.165, 1.54) is 38.5 Å². The molecule has 21 heavy (non-hydrogen) atoms. The zero-order chi connectivity index (χ0) is 15.1. The monoisotopic (exact) mass is 302 g/mol. The standard InChI is InChI=1S/C16H30O5/c1-2-3-4-5-6-7-8-9-14-19-11-13(21-14)16-15(18)12(17)10-20-16/h12-18H,2-11H2,1H3/t12-,13+,14?,15+,16+/m0/s1. The van der Waals surface area contributed by atoms with Gasteiger partial charge in [0, 0.05) is 0 Å². The fraction of sp³-hybridized carbons (Fsp3) is 1.00. The van der Waals surface area contributed by atoms with E-state index in [4.69, 9.17) is 14.2 Å². The molecule has 2 fully saturated rings. The average molecular weight is 302 g/mol. The number of unbranched alkanes of at least 4 members (excludes halogenated alkanes) is 6. The van der Waals surface area contributed by atoms with Gasteiger partial charge in [0.15, 0.2) is 6.29 Å². The number of aliphatic hydroxyl groups is 2. The van der Waals surface area contributed by atoms with Gasteiger partial charge in [-0.3, -0.25) is 0 Å². The van der Waals surface area contributed by atoms with Crippen LogP contribution < -0.4 is 0 Å². The molecule has 0 aliphatic carbocycles. The van der Waals surface area contributed by atoms with E-state index in [0.717, 1.165) is 12.8 Å². The summed E-state index contributed by atoms with van der Waals surface area (Å²) in [7, 11) is 0. The fourth-order valence-electron chi connectivity index (χ4n) is 3.02. The van der Waals surface area contributed by atoms with E-state index in [-0.39, 0.29) is 19.0 Å². The van der Waals surface area contributed by atoms with Crippen LogP contribution in [0.15, 0.2) is 0 Å². The third kappa shape index (κ3) is 5.18. The Morgan fingerprint density at radius 1 is 0.905 bits per heavy atom. The molecule has 2 aliphatic rings. The summed E-state index contributed by atoms with van der Waals surface area (Å²) in [6.07, 6.45) is 7.24. The van der Waals surface area contributed by atoms with Crippen molar-refractivity contribution >= 4 is 0 Å². The normalized spacial score (nSPS) is 36.4. The average Bonchev–Trinajstić information content (AvgIpc) is 3.06. The Bertz CT molecular complexity index is 286. The summed E-state index contributed by atoms with van der Waals surface area (Å²) in [6.45, 7) is 2.85. The first-order valence-corrected chi connectivity index (χ1v) is 8.47. The lowest BCUT2D eigenvalue weighted by Gasteiger charge is -2.20. The molecule has 0 bridgehead atoms. The zero-order valence-corrected chi connectivity index (χ0v) is 13.1. The van der Waals surface area contributed by atoms with Gasteiger partial charge in [0.2, 0.25) is 0 Å². The summed E-state index contributed by atoms with van der Waals surface area (Å²) in [5.41, 5.74) is 0. The lowest BCUT2D eigenvalue weighted by Crippen LogP contribution is -2.39. The van der Waals surface area contributed by atoms with E-state index >= 15 is 0 Å². The molecule has 2 N–H and O–H groups in total. The second-order valence-electron chi connectivity index (χ2n) is 6.20. The van der Waals surface area contributed by atoms with Gasteiger partial charge in [-0.15, -0.1) is 0 Å². The van der Waals surface area contributed by atoms with Crippen LogP contribution in [0.25, 0.3) is 0 Å². The minimum Gasteiger partial charge on any atom is -0.388 e. The predicted octanol–water partition coefficient (Wildman–Crippen LogP) is 1.99. The van der Waals surface area contributed by atoms with Crippen molar-refractivity contribution in [3.63, 3.8) is 0 Å². The molecule has 0 spiro atoms. The maximum Gasteiger partial charge on any atom is 0.158 e. The Labute approximate surface area is 127 Å². The van der Waals surface area contributed by atoms with Gasteiger partial charge < -0.3 is 24.4 Å². The van der Waals surface area contributed by atoms with Gasteiger partial charge in [0.25, 0.3) is 0 Å². The van der Waals surface area contributed by atoms with Gasteiger partial charge in [-0.05, 0) is 12.8 Å². The molecule has 5 atom stereocenters. The lowest BCUT2D eigenvalue weighted by molar-refractivity contribution is -0.103. The molecule has 0 amide bonds. The van der Waals surface area contributed by atoms with Crippen molar-refractivity contribution in [2.75, 3.05) is 13.2 Å². The van der Waals surface area contributed by atoms with E-state index in [1.807, 2.05) is 0 Å². The van der Waals surface area contributed by atoms with E-state index in [1.54, 1.807) is 0 Å². The van der Waals surface area contributed by atoms with E-state index in [9.17, 15) is 10.2 Å². The van der Waals surface area contributed by atoms with Crippen molar-refractivity contribution in [1.82, 2.24) is 0 Å². The molecule has 0 aromatic heterocycles. The van der Waals surface area contributed by atoms with E-state index in [0.29, 0.717) is 6.61 Å². The summed E-state index contributed by atoms with van der Waals surface area (Å²) in [5, 5.41) is 19.3. The van der Waals surface area contributed by atoms with Crippen LogP contribution in [0.4, 0.5) is 0 Å². The maximum absolute atomic E-state index is 9.81. The van der Waals surface area contributed by atoms with Crippen molar-refractivity contribution in [2.45, 2.75) is 89.0 Å². The Morgan fingerprint density at radius 2 is 1.62 bits per heavy atom. The Morgan fingerprint density at radius 3 is 2.29 bits per heavy atom. The number of rotatable bonds is 9. The molecule has 2 heterocycles. The first kappa shape index (κ1) is 17.2. The molecule has 5 nitrogen and oxygen atoms in total. The molecule has 2 aliphatic heterocycles. The van der Waals surface area contributed by atoms with Gasteiger partial charge in [-0.25, -0.2) is 0 Å². The van der Waals surface area contributed by atoms with Crippen LogP contribution in [0.2, 0.25) is 0 Å². The number of hydrogen-bond acceptors (Lipinski definition) is 5. The van der Waals surface area contributed by atoms with Crippen molar-refractivity contribution in [2.24, 2.45) is 0 Å². The quantitative estimate of drug-likeness (QED) is 0.638. The van der Waals surface area contributed by atoms with Gasteiger partial charge >= 0.3 is 0 Å². The van der Waals surface area contributed by atoms with Crippen LogP contribution in [0.3, 0.4) is 0 Å². The third-order valence-electron chi connectivity index (χ3n) is 4.37. The maximum atomic E-state index is 9.81. The number of aliphatic hydroxyl groups excluding tert-OH is 2. The molecular weight excluding hydrogens is 272 g/mol. The van der Waals surface area contributed by atoms with Gasteiger partial charge in [-0.1, -0.05) is 45.4 Å². The van der Waals surface area contributed by atoms with Crippen molar-refractivity contribution in [3.8, 4) is 0 Å². The highest BCUT2D eigenvalue weighted by Gasteiger charge is 2.43. The smallest absolute Gasteiger partial charge is 0.158 e. The molecule has 5 heteroatoms. The largest absolute Gasteiger partial charge is 0.388 e. The second kappa shape index (κ2) is 9.06. The van der Waals surface area contributed by atoms with Crippen molar-refractivity contribution in [1.29, 1.82) is 0 Å². The first-order valence-electron chi connectivity index (χ1n) is 8.47. The summed E-state index contributed by atoms with van der Waals surface area (Å²) >= 11 is 0. The summed E-state index contributed by atoms with van der Waals surface area (Å²) in [6, 6.07) is 0. The molecule has 0 saturated carbocycles. The summed E-state index contributed by atoms with van der Waals surface area (Å²) in [5.74, 6) is 0. The molecular formula is C16H30O5. The molecule has 0 radical (unpaired) electrons. The number of hydrogen-bond donors (Lipinski definition) is 2. The molecule has 2 rings (SSSR count). The Hall–Kier alpha value is -0.200. The van der Waals surface area contributed by atoms with Crippen molar-refractivity contribution in [3.05, 3.63) is 0 Å². The minimum atomic E-state index is -0.865. The molecule has 124 valence electrons. The van der Waals surface area contributed by atoms with E-state index in [2.05, 4.69) is 6.92 Å². The van der Waals surface area contributed by atoms with Crippen LogP contribution in [0.1, 0.15) is 58.3 Å². The van der Waals surface area contributed by atoms with Gasteiger partial charge in [0.05, 0.1) is 13.2 Å². The van der Waals surface area contributed by atoms with Crippen LogP contribution in [0.5, 0.6) is 0 Å². The Kier molecular flexibility index (Phi) is 7.40. The molecule has 0 aromatic rings. The molecule has 2 saturated heterocycles. The second-order valence-corrected chi connectivity index (χ2v) is 6.20. The van der Waals surface area contributed by atoms with Crippen LogP contribution in [-0.4, -0.2) is 54.1 Å². The van der Waals surface area contributed by atoms with Crippen LogP contribution in [0, 0.1) is 0 Å². The van der Waals surface area contributed by atoms with Crippen LogP contribution in [-0.2, 0) is 14.2 Å². The van der Waals surface area contributed by atoms with Crippen LogP contribution >= 0.6 is 0 Å². The predicted molar refractivity (Wildman–Crippen MR) is 79.0 cm³/mol. The van der Waals surface area contributed by atoms with E-state index < -0.39 is 18.3 Å². The third-order valence-corrected chi connectivity index (χ3v) is 4.37. The zero-order valence-electron chi connectivity index (χ0n) is 13.1. The number of ether oxygens (including phenoxy) is 3. The topological polar surface area (TPSA) is 68.2 Å². The lowest BCUT2D eigenvalue weighted by atomic mass is 10.1. The molecule has 0 aromatic carbocycles. The highest BCUT2D eigenvalue weighted by atomic mass is 16.7. The summed E-state index contributed by atoms with van der Waals surface area (Å²) < 4.78 is 16.8. The Balaban J connectivity index is 1.54. The van der Waals surface area contributed by atoms with Gasteiger partial charge in [-0.2, -0.15) is 0 Å². The minimum absolute atomic E-state index is 0.175. The SMILES string of the molecule is CCCCCCCCCC1OC[C@H]([C@H]2OC[C@H](O)[C@H]2O)O1. The first-order chi connectivity index (χ1) is 10.2. The van der Waals surface area contributed by atoms with Gasteiger partial charge in [0.1, 0.15) is 24.4 Å². The van der Waals surface area contributed by atoms with Crippen molar-refractivity contribution < 1.29 is 24.4 Å².